The van der Waals surface area contributed by atoms with Crippen LogP contribution in [0, 0.1) is 20.8 Å². The standard InChI is InChI=1S/C20H32N6O2/c1-13-10-17(14(2)28-13)20(4,27)12-22-19(23-16-8-6-7-9-16)21-11-18-25-24-15(3)26(18)5/h10,16,27H,6-9,11-12H2,1-5H3,(H2,21,22,23). The maximum absolute atomic E-state index is 11.0. The van der Waals surface area contributed by atoms with Crippen LogP contribution in [-0.2, 0) is 19.2 Å². The van der Waals surface area contributed by atoms with Gasteiger partial charge in [-0.3, -0.25) is 0 Å². The Bertz CT molecular complexity index is 830. The number of furan rings is 1. The first kappa shape index (κ1) is 20.4. The molecule has 8 heteroatoms. The summed E-state index contributed by atoms with van der Waals surface area (Å²) in [4.78, 5) is 4.69. The predicted octanol–water partition coefficient (Wildman–Crippen LogP) is 2.22. The number of aliphatic hydroxyl groups is 1. The molecule has 0 aliphatic heterocycles. The van der Waals surface area contributed by atoms with Crippen molar-refractivity contribution >= 4 is 5.96 Å². The molecule has 1 fully saturated rings. The van der Waals surface area contributed by atoms with E-state index in [1.165, 1.54) is 12.8 Å². The number of rotatable bonds is 6. The van der Waals surface area contributed by atoms with Crippen molar-refractivity contribution in [1.29, 1.82) is 0 Å². The number of nitrogens with one attached hydrogen (secondary N) is 2. The van der Waals surface area contributed by atoms with E-state index in [0.717, 1.165) is 41.6 Å². The van der Waals surface area contributed by atoms with Gasteiger partial charge in [0.2, 0.25) is 0 Å². The van der Waals surface area contributed by atoms with Crippen molar-refractivity contribution in [2.24, 2.45) is 12.0 Å². The van der Waals surface area contributed by atoms with Gasteiger partial charge >= 0.3 is 0 Å². The summed E-state index contributed by atoms with van der Waals surface area (Å²) >= 11 is 0. The highest BCUT2D eigenvalue weighted by Crippen LogP contribution is 2.26. The monoisotopic (exact) mass is 388 g/mol. The third-order valence-electron chi connectivity index (χ3n) is 5.48. The summed E-state index contributed by atoms with van der Waals surface area (Å²) in [5.74, 6) is 3.88. The molecule has 0 saturated heterocycles. The van der Waals surface area contributed by atoms with Crippen molar-refractivity contribution in [2.75, 3.05) is 6.54 Å². The average molecular weight is 389 g/mol. The molecule has 0 aromatic carbocycles. The Kier molecular flexibility index (Phi) is 6.07. The molecular formula is C20H32N6O2. The average Bonchev–Trinajstić information content (AvgIpc) is 3.34. The largest absolute Gasteiger partial charge is 0.466 e. The van der Waals surface area contributed by atoms with Crippen molar-refractivity contribution in [3.63, 3.8) is 0 Å². The lowest BCUT2D eigenvalue weighted by Crippen LogP contribution is -2.47. The summed E-state index contributed by atoms with van der Waals surface area (Å²) in [6, 6.07) is 2.30. The van der Waals surface area contributed by atoms with Gasteiger partial charge in [-0.2, -0.15) is 0 Å². The summed E-state index contributed by atoms with van der Waals surface area (Å²) in [5, 5.41) is 26.1. The van der Waals surface area contributed by atoms with Gasteiger partial charge in [-0.25, -0.2) is 4.99 Å². The first-order valence-electron chi connectivity index (χ1n) is 9.96. The molecule has 28 heavy (non-hydrogen) atoms. The number of hydrogen-bond acceptors (Lipinski definition) is 5. The summed E-state index contributed by atoms with van der Waals surface area (Å²) < 4.78 is 7.52. The van der Waals surface area contributed by atoms with E-state index in [-0.39, 0.29) is 0 Å². The third-order valence-corrected chi connectivity index (χ3v) is 5.48. The fourth-order valence-electron chi connectivity index (χ4n) is 3.67. The van der Waals surface area contributed by atoms with Crippen molar-refractivity contribution in [1.82, 2.24) is 25.4 Å². The molecule has 0 amide bonds. The molecule has 2 heterocycles. The number of guanidine groups is 1. The van der Waals surface area contributed by atoms with Gasteiger partial charge in [0.05, 0.1) is 6.54 Å². The number of aliphatic imine (C=N–C) groups is 1. The molecule has 154 valence electrons. The minimum Gasteiger partial charge on any atom is -0.466 e. The van der Waals surface area contributed by atoms with Gasteiger partial charge in [0.15, 0.2) is 11.8 Å². The summed E-state index contributed by atoms with van der Waals surface area (Å²) in [6.45, 7) is 8.21. The van der Waals surface area contributed by atoms with Crippen LogP contribution in [-0.4, -0.2) is 38.4 Å². The minimum absolute atomic E-state index is 0.323. The van der Waals surface area contributed by atoms with Gasteiger partial charge in [-0.15, -0.1) is 10.2 Å². The number of nitrogens with zero attached hydrogens (tertiary/aromatic N) is 4. The third kappa shape index (κ3) is 4.73. The van der Waals surface area contributed by atoms with Gasteiger partial charge in [-0.05, 0) is 46.6 Å². The highest BCUT2D eigenvalue weighted by atomic mass is 16.3. The van der Waals surface area contributed by atoms with Crippen LogP contribution < -0.4 is 10.6 Å². The van der Waals surface area contributed by atoms with E-state index in [4.69, 9.17) is 9.41 Å². The van der Waals surface area contributed by atoms with Crippen molar-refractivity contribution in [3.8, 4) is 0 Å². The van der Waals surface area contributed by atoms with Crippen LogP contribution in [0.1, 0.15) is 61.3 Å². The number of aromatic nitrogens is 3. The van der Waals surface area contributed by atoms with E-state index in [2.05, 4.69) is 20.8 Å². The van der Waals surface area contributed by atoms with E-state index in [1.807, 2.05) is 38.5 Å². The normalized spacial score (nSPS) is 17.7. The van der Waals surface area contributed by atoms with E-state index in [1.54, 1.807) is 6.92 Å². The molecule has 1 aliphatic rings. The highest BCUT2D eigenvalue weighted by Gasteiger charge is 2.28. The zero-order valence-electron chi connectivity index (χ0n) is 17.5. The van der Waals surface area contributed by atoms with Gasteiger partial charge in [0.1, 0.15) is 29.5 Å². The predicted molar refractivity (Wildman–Crippen MR) is 108 cm³/mol. The van der Waals surface area contributed by atoms with Crippen LogP contribution in [0.5, 0.6) is 0 Å². The highest BCUT2D eigenvalue weighted by molar-refractivity contribution is 5.80. The SMILES string of the molecule is Cc1cc(C(C)(O)CNC(=NCc2nnc(C)n2C)NC2CCCC2)c(C)o1. The van der Waals surface area contributed by atoms with Crippen molar-refractivity contribution < 1.29 is 9.52 Å². The number of aryl methyl sites for hydroxylation is 3. The zero-order valence-corrected chi connectivity index (χ0v) is 17.5. The zero-order chi connectivity index (χ0) is 20.3. The molecule has 1 unspecified atom stereocenters. The van der Waals surface area contributed by atoms with Crippen LogP contribution in [0.2, 0.25) is 0 Å². The Morgan fingerprint density at radius 2 is 2.04 bits per heavy atom. The van der Waals surface area contributed by atoms with Crippen LogP contribution in [0.25, 0.3) is 0 Å². The first-order valence-corrected chi connectivity index (χ1v) is 9.96. The van der Waals surface area contributed by atoms with E-state index >= 15 is 0 Å². The van der Waals surface area contributed by atoms with Crippen LogP contribution >= 0.6 is 0 Å². The van der Waals surface area contributed by atoms with Crippen molar-refractivity contribution in [3.05, 3.63) is 34.8 Å². The van der Waals surface area contributed by atoms with Crippen molar-refractivity contribution in [2.45, 2.75) is 71.6 Å². The van der Waals surface area contributed by atoms with Gasteiger partial charge in [-0.1, -0.05) is 12.8 Å². The molecular weight excluding hydrogens is 356 g/mol. The Morgan fingerprint density at radius 3 is 2.61 bits per heavy atom. The summed E-state index contributed by atoms with van der Waals surface area (Å²) in [5.41, 5.74) is -0.275. The van der Waals surface area contributed by atoms with Gasteiger partial charge in [0.25, 0.3) is 0 Å². The fourth-order valence-corrected chi connectivity index (χ4v) is 3.67. The van der Waals surface area contributed by atoms with E-state index in [9.17, 15) is 5.11 Å². The topological polar surface area (TPSA) is 101 Å². The molecule has 8 nitrogen and oxygen atoms in total. The van der Waals surface area contributed by atoms with Crippen LogP contribution in [0.3, 0.4) is 0 Å². The number of hydrogen-bond donors (Lipinski definition) is 3. The minimum atomic E-state index is -1.07. The lowest BCUT2D eigenvalue weighted by molar-refractivity contribution is 0.0601. The lowest BCUT2D eigenvalue weighted by Gasteiger charge is -2.26. The first-order chi connectivity index (χ1) is 13.3. The molecule has 3 rings (SSSR count). The molecule has 1 saturated carbocycles. The smallest absolute Gasteiger partial charge is 0.192 e. The molecule has 1 aliphatic carbocycles. The van der Waals surface area contributed by atoms with E-state index in [0.29, 0.717) is 25.1 Å². The maximum atomic E-state index is 11.0. The second-order valence-corrected chi connectivity index (χ2v) is 7.97. The fraction of sp³-hybridized carbons (Fsp3) is 0.650. The second-order valence-electron chi connectivity index (χ2n) is 7.97. The molecule has 2 aromatic heterocycles. The second kappa shape index (κ2) is 8.34. The Morgan fingerprint density at radius 1 is 1.32 bits per heavy atom. The molecule has 1 atom stereocenters. The molecule has 0 bridgehead atoms. The Balaban J connectivity index is 1.71. The van der Waals surface area contributed by atoms with E-state index < -0.39 is 5.60 Å². The Hall–Kier alpha value is -2.35. The lowest BCUT2D eigenvalue weighted by atomic mass is 9.96. The summed E-state index contributed by atoms with van der Waals surface area (Å²) in [7, 11) is 1.94. The molecule has 0 spiro atoms. The Labute approximate surface area is 166 Å². The molecule has 3 N–H and O–H groups in total. The van der Waals surface area contributed by atoms with Gasteiger partial charge < -0.3 is 24.7 Å². The quantitative estimate of drug-likeness (QED) is 0.518. The molecule has 2 aromatic rings. The van der Waals surface area contributed by atoms with Crippen LogP contribution in [0.15, 0.2) is 15.5 Å². The summed E-state index contributed by atoms with van der Waals surface area (Å²) in [6.07, 6.45) is 4.75. The van der Waals surface area contributed by atoms with Gasteiger partial charge in [0, 0.05) is 18.7 Å². The maximum Gasteiger partial charge on any atom is 0.192 e. The van der Waals surface area contributed by atoms with Crippen LogP contribution in [0.4, 0.5) is 0 Å². The molecule has 0 radical (unpaired) electrons.